The number of aryl methyl sites for hydroxylation is 1. The summed E-state index contributed by atoms with van der Waals surface area (Å²) in [5, 5.41) is 10.4. The van der Waals surface area contributed by atoms with Crippen LogP contribution in [0.1, 0.15) is 12.7 Å². The van der Waals surface area contributed by atoms with Crippen LogP contribution in [-0.2, 0) is 13.6 Å². The van der Waals surface area contributed by atoms with Crippen LogP contribution in [-0.4, -0.2) is 38.4 Å². The average molecular weight is 263 g/mol. The fourth-order valence-electron chi connectivity index (χ4n) is 1.61. The van der Waals surface area contributed by atoms with E-state index >= 15 is 0 Å². The first kappa shape index (κ1) is 13.1. The number of aromatic nitrogens is 5. The molecule has 0 aromatic carbocycles. The number of nitrogens with zero attached hydrogens (tertiary/aromatic N) is 5. The second-order valence-electron chi connectivity index (χ2n) is 3.82. The first-order valence-corrected chi connectivity index (χ1v) is 5.95. The Labute approximate surface area is 111 Å². The second-order valence-corrected chi connectivity index (χ2v) is 3.82. The maximum Gasteiger partial charge on any atom is 0.204 e. The van der Waals surface area contributed by atoms with Gasteiger partial charge in [0.1, 0.15) is 12.7 Å². The van der Waals surface area contributed by atoms with Crippen LogP contribution in [0, 0.1) is 0 Å². The van der Waals surface area contributed by atoms with Gasteiger partial charge >= 0.3 is 0 Å². The van der Waals surface area contributed by atoms with Crippen molar-refractivity contribution in [3.05, 3.63) is 18.5 Å². The molecule has 8 heteroatoms. The lowest BCUT2D eigenvalue weighted by atomic mass is 10.4. The summed E-state index contributed by atoms with van der Waals surface area (Å²) in [6.45, 7) is 3.22. The summed E-state index contributed by atoms with van der Waals surface area (Å²) >= 11 is 0. The van der Waals surface area contributed by atoms with E-state index in [1.165, 1.54) is 6.33 Å². The topological polar surface area (TPSA) is 89.8 Å². The Morgan fingerprint density at radius 1 is 1.21 bits per heavy atom. The molecule has 102 valence electrons. The molecule has 2 aromatic rings. The second kappa shape index (κ2) is 5.98. The molecule has 8 nitrogen and oxygen atoms in total. The van der Waals surface area contributed by atoms with Crippen molar-refractivity contribution in [2.75, 3.05) is 24.3 Å². The summed E-state index contributed by atoms with van der Waals surface area (Å²) in [5.74, 6) is 2.55. The minimum atomic E-state index is 0.472. The minimum absolute atomic E-state index is 0.472. The number of rotatable bonds is 6. The predicted octanol–water partition coefficient (Wildman–Crippen LogP) is 0.658. The van der Waals surface area contributed by atoms with Gasteiger partial charge in [0.05, 0.1) is 13.7 Å². The van der Waals surface area contributed by atoms with Gasteiger partial charge in [0.25, 0.3) is 0 Å². The molecule has 0 bridgehead atoms. The van der Waals surface area contributed by atoms with Crippen molar-refractivity contribution in [2.45, 2.75) is 13.5 Å². The molecule has 0 atom stereocenters. The number of hydrogen-bond donors (Lipinski definition) is 2. The van der Waals surface area contributed by atoms with Crippen LogP contribution in [0.2, 0.25) is 0 Å². The number of methoxy groups -OCH3 is 1. The molecule has 2 heterocycles. The third kappa shape index (κ3) is 3.09. The van der Waals surface area contributed by atoms with E-state index in [9.17, 15) is 0 Å². The summed E-state index contributed by atoms with van der Waals surface area (Å²) in [7, 11) is 3.41. The van der Waals surface area contributed by atoms with Crippen LogP contribution < -0.4 is 15.4 Å². The molecule has 2 N–H and O–H groups in total. The van der Waals surface area contributed by atoms with Crippen molar-refractivity contribution in [2.24, 2.45) is 7.05 Å². The molecule has 0 aliphatic carbocycles. The van der Waals surface area contributed by atoms with Crippen molar-refractivity contribution < 1.29 is 4.74 Å². The molecule has 19 heavy (non-hydrogen) atoms. The monoisotopic (exact) mass is 263 g/mol. The summed E-state index contributed by atoms with van der Waals surface area (Å²) in [6.07, 6.45) is 3.13. The van der Waals surface area contributed by atoms with Crippen molar-refractivity contribution in [1.29, 1.82) is 0 Å². The van der Waals surface area contributed by atoms with Gasteiger partial charge in [-0.05, 0) is 6.92 Å². The number of nitrogens with one attached hydrogen (secondary N) is 2. The van der Waals surface area contributed by atoms with E-state index in [1.807, 2.05) is 14.0 Å². The molecule has 0 unspecified atom stereocenters. The summed E-state index contributed by atoms with van der Waals surface area (Å²) in [4.78, 5) is 12.4. The van der Waals surface area contributed by atoms with E-state index in [0.717, 1.165) is 6.54 Å². The van der Waals surface area contributed by atoms with E-state index < -0.39 is 0 Å². The van der Waals surface area contributed by atoms with Crippen molar-refractivity contribution in [3.8, 4) is 5.75 Å². The maximum absolute atomic E-state index is 5.33. The zero-order chi connectivity index (χ0) is 13.7. The van der Waals surface area contributed by atoms with Crippen LogP contribution in [0.3, 0.4) is 0 Å². The smallest absolute Gasteiger partial charge is 0.204 e. The highest BCUT2D eigenvalue weighted by Gasteiger charge is 2.11. The molecule has 0 saturated carbocycles. The van der Waals surface area contributed by atoms with Gasteiger partial charge in [-0.2, -0.15) is 5.10 Å². The van der Waals surface area contributed by atoms with Crippen molar-refractivity contribution in [1.82, 2.24) is 24.7 Å². The third-order valence-electron chi connectivity index (χ3n) is 2.41. The lowest BCUT2D eigenvalue weighted by molar-refractivity contribution is 0.414. The number of hydrogen-bond acceptors (Lipinski definition) is 7. The Bertz CT molecular complexity index is 540. The molecule has 0 fully saturated rings. The highest BCUT2D eigenvalue weighted by atomic mass is 16.5. The van der Waals surface area contributed by atoms with E-state index in [2.05, 4.69) is 30.7 Å². The van der Waals surface area contributed by atoms with Crippen molar-refractivity contribution in [3.63, 3.8) is 0 Å². The van der Waals surface area contributed by atoms with Gasteiger partial charge < -0.3 is 15.4 Å². The largest absolute Gasteiger partial charge is 0.490 e. The van der Waals surface area contributed by atoms with Gasteiger partial charge in [0, 0.05) is 13.6 Å². The minimum Gasteiger partial charge on any atom is -0.490 e. The third-order valence-corrected chi connectivity index (χ3v) is 2.41. The number of ether oxygens (including phenoxy) is 1. The molecule has 2 rings (SSSR count). The molecule has 2 aromatic heterocycles. The van der Waals surface area contributed by atoms with E-state index in [1.54, 1.807) is 18.1 Å². The lowest BCUT2D eigenvalue weighted by Gasteiger charge is -2.12. The standard InChI is InChI=1S/C11H17N7O/c1-4-12-10-9(19-3)11(15-6-14-10)13-5-8-16-7-18(2)17-8/h6-7H,4-5H2,1-3H3,(H2,12,13,14,15). The predicted molar refractivity (Wildman–Crippen MR) is 71.1 cm³/mol. The molecular formula is C11H17N7O. The molecule has 0 aliphatic heterocycles. The van der Waals surface area contributed by atoms with Gasteiger partial charge in [0.2, 0.25) is 5.75 Å². The Kier molecular flexibility index (Phi) is 4.11. The normalized spacial score (nSPS) is 10.3. The fourth-order valence-corrected chi connectivity index (χ4v) is 1.61. The quantitative estimate of drug-likeness (QED) is 0.791. The number of anilines is 2. The summed E-state index contributed by atoms with van der Waals surface area (Å²) in [6, 6.07) is 0. The Balaban J connectivity index is 2.13. The fraction of sp³-hybridized carbons (Fsp3) is 0.455. The summed E-state index contributed by atoms with van der Waals surface area (Å²) < 4.78 is 6.98. The van der Waals surface area contributed by atoms with Gasteiger partial charge in [-0.15, -0.1) is 0 Å². The zero-order valence-electron chi connectivity index (χ0n) is 11.2. The molecule has 0 spiro atoms. The van der Waals surface area contributed by atoms with Crippen LogP contribution in [0.25, 0.3) is 0 Å². The molecule has 0 radical (unpaired) electrons. The Morgan fingerprint density at radius 3 is 2.53 bits per heavy atom. The summed E-state index contributed by atoms with van der Waals surface area (Å²) in [5.41, 5.74) is 0. The van der Waals surface area contributed by atoms with Gasteiger partial charge in [-0.3, -0.25) is 4.68 Å². The van der Waals surface area contributed by atoms with Gasteiger partial charge in [-0.25, -0.2) is 15.0 Å². The lowest BCUT2D eigenvalue weighted by Crippen LogP contribution is -2.09. The van der Waals surface area contributed by atoms with Crippen LogP contribution in [0.4, 0.5) is 11.6 Å². The molecule has 0 amide bonds. The van der Waals surface area contributed by atoms with Crippen LogP contribution in [0.15, 0.2) is 12.7 Å². The van der Waals surface area contributed by atoms with E-state index in [-0.39, 0.29) is 0 Å². The average Bonchev–Trinajstić information content (AvgIpc) is 2.83. The molecular weight excluding hydrogens is 246 g/mol. The van der Waals surface area contributed by atoms with Gasteiger partial charge in [-0.1, -0.05) is 0 Å². The zero-order valence-corrected chi connectivity index (χ0v) is 11.2. The van der Waals surface area contributed by atoms with E-state index in [0.29, 0.717) is 29.8 Å². The molecule has 0 saturated heterocycles. The Morgan fingerprint density at radius 2 is 1.95 bits per heavy atom. The van der Waals surface area contributed by atoms with Crippen LogP contribution >= 0.6 is 0 Å². The highest BCUT2D eigenvalue weighted by molar-refractivity contribution is 5.63. The first-order chi connectivity index (χ1) is 9.24. The SMILES string of the molecule is CCNc1ncnc(NCc2ncn(C)n2)c1OC. The van der Waals surface area contributed by atoms with E-state index in [4.69, 9.17) is 4.74 Å². The van der Waals surface area contributed by atoms with Gasteiger partial charge in [0.15, 0.2) is 17.5 Å². The highest BCUT2D eigenvalue weighted by Crippen LogP contribution is 2.28. The first-order valence-electron chi connectivity index (χ1n) is 5.95. The van der Waals surface area contributed by atoms with Crippen LogP contribution in [0.5, 0.6) is 5.75 Å². The maximum atomic E-state index is 5.33. The van der Waals surface area contributed by atoms with Crippen molar-refractivity contribution >= 4 is 11.6 Å². The molecule has 0 aliphatic rings. The Hall–Kier alpha value is -2.38.